The van der Waals surface area contributed by atoms with Crippen LogP contribution in [0.2, 0.25) is 0 Å². The molecule has 0 bridgehead atoms. The molecule has 0 aromatic carbocycles. The van der Waals surface area contributed by atoms with Gasteiger partial charge in [-0.25, -0.2) is 12.7 Å². The van der Waals surface area contributed by atoms with E-state index in [1.165, 1.54) is 6.26 Å². The highest BCUT2D eigenvalue weighted by Gasteiger charge is 2.24. The topological polar surface area (TPSA) is 80.1 Å². The number of hydrogen-bond acceptors (Lipinski definition) is 5. The van der Waals surface area contributed by atoms with Gasteiger partial charge in [0.25, 0.3) is 0 Å². The van der Waals surface area contributed by atoms with E-state index in [2.05, 4.69) is 15.4 Å². The second-order valence-corrected chi connectivity index (χ2v) is 8.21. The fourth-order valence-electron chi connectivity index (χ4n) is 3.07. The number of hydrogen-bond donors (Lipinski definition) is 1. The number of aromatic nitrogens is 3. The zero-order chi connectivity index (χ0) is 17.2. The molecular formula is C16H23N5O2S. The largest absolute Gasteiger partial charge is 0.310 e. The Labute approximate surface area is 142 Å². The summed E-state index contributed by atoms with van der Waals surface area (Å²) in [6.07, 6.45) is 8.49. The Morgan fingerprint density at radius 2 is 1.92 bits per heavy atom. The van der Waals surface area contributed by atoms with E-state index in [9.17, 15) is 8.42 Å². The van der Waals surface area contributed by atoms with Crippen molar-refractivity contribution in [1.29, 1.82) is 0 Å². The normalized spacial score (nSPS) is 17.2. The second-order valence-electron chi connectivity index (χ2n) is 6.23. The van der Waals surface area contributed by atoms with Crippen molar-refractivity contribution in [3.8, 4) is 11.3 Å². The van der Waals surface area contributed by atoms with Gasteiger partial charge in [-0.2, -0.15) is 5.10 Å². The van der Waals surface area contributed by atoms with Crippen LogP contribution in [0.1, 0.15) is 18.4 Å². The molecule has 2 aromatic rings. The van der Waals surface area contributed by atoms with Gasteiger partial charge in [-0.1, -0.05) is 0 Å². The fourth-order valence-corrected chi connectivity index (χ4v) is 3.94. The molecule has 2 aromatic heterocycles. The number of sulfonamides is 1. The zero-order valence-electron chi connectivity index (χ0n) is 14.0. The third kappa shape index (κ3) is 4.00. The third-order valence-electron chi connectivity index (χ3n) is 4.36. The molecule has 7 nitrogen and oxygen atoms in total. The van der Waals surface area contributed by atoms with Crippen LogP contribution in [0.5, 0.6) is 0 Å². The molecule has 1 fully saturated rings. The lowest BCUT2D eigenvalue weighted by molar-refractivity contribution is 0.290. The zero-order valence-corrected chi connectivity index (χ0v) is 14.8. The predicted octanol–water partition coefficient (Wildman–Crippen LogP) is 0.996. The average molecular weight is 349 g/mol. The van der Waals surface area contributed by atoms with Gasteiger partial charge in [-0.15, -0.1) is 0 Å². The van der Waals surface area contributed by atoms with Gasteiger partial charge >= 0.3 is 0 Å². The van der Waals surface area contributed by atoms with Crippen LogP contribution < -0.4 is 5.32 Å². The lowest BCUT2D eigenvalue weighted by atomic mass is 10.1. The Hall–Kier alpha value is -1.77. The molecule has 8 heteroatoms. The molecule has 3 heterocycles. The summed E-state index contributed by atoms with van der Waals surface area (Å²) in [5.74, 6) is 0. The maximum atomic E-state index is 11.6. The maximum Gasteiger partial charge on any atom is 0.211 e. The number of piperidine rings is 1. The van der Waals surface area contributed by atoms with Gasteiger partial charge in [0, 0.05) is 62.4 Å². The van der Waals surface area contributed by atoms with E-state index >= 15 is 0 Å². The van der Waals surface area contributed by atoms with Crippen LogP contribution >= 0.6 is 0 Å². The second kappa shape index (κ2) is 7.00. The smallest absolute Gasteiger partial charge is 0.211 e. The lowest BCUT2D eigenvalue weighted by Gasteiger charge is -2.30. The summed E-state index contributed by atoms with van der Waals surface area (Å²) >= 11 is 0. The first kappa shape index (κ1) is 17.1. The van der Waals surface area contributed by atoms with Crippen molar-refractivity contribution < 1.29 is 8.42 Å². The lowest BCUT2D eigenvalue weighted by Crippen LogP contribution is -2.44. The Morgan fingerprint density at radius 1 is 1.25 bits per heavy atom. The van der Waals surface area contributed by atoms with Crippen LogP contribution in [-0.2, 0) is 23.6 Å². The van der Waals surface area contributed by atoms with Crippen LogP contribution in [0.15, 0.2) is 30.7 Å². The molecule has 130 valence electrons. The Morgan fingerprint density at radius 3 is 2.54 bits per heavy atom. The summed E-state index contributed by atoms with van der Waals surface area (Å²) in [5, 5.41) is 8.09. The van der Waals surface area contributed by atoms with Crippen molar-refractivity contribution in [1.82, 2.24) is 24.4 Å². The molecule has 0 amide bonds. The van der Waals surface area contributed by atoms with Crippen molar-refractivity contribution in [2.75, 3.05) is 19.3 Å². The first-order chi connectivity index (χ1) is 11.4. The number of nitrogens with one attached hydrogen (secondary N) is 1. The van der Waals surface area contributed by atoms with E-state index < -0.39 is 10.0 Å². The number of pyridine rings is 1. The molecule has 1 saturated heterocycles. The van der Waals surface area contributed by atoms with Crippen LogP contribution in [0.25, 0.3) is 11.3 Å². The van der Waals surface area contributed by atoms with E-state index in [0.29, 0.717) is 19.1 Å². The standard InChI is InChI=1S/C16H23N5O2S/c1-20-12-14(16(19-20)13-3-7-17-8-4-13)11-18-15-5-9-21(10-6-15)24(2,22)23/h3-4,7-8,12,15,18H,5-6,9-11H2,1-2H3. The Bertz CT molecular complexity index is 780. The van der Waals surface area contributed by atoms with Crippen LogP contribution in [0.3, 0.4) is 0 Å². The Kier molecular flexibility index (Phi) is 4.98. The van der Waals surface area contributed by atoms with Crippen molar-refractivity contribution >= 4 is 10.0 Å². The van der Waals surface area contributed by atoms with Crippen LogP contribution in [0.4, 0.5) is 0 Å². The highest BCUT2D eigenvalue weighted by Crippen LogP contribution is 2.21. The van der Waals surface area contributed by atoms with Gasteiger partial charge in [0.2, 0.25) is 10.0 Å². The van der Waals surface area contributed by atoms with E-state index in [1.807, 2.05) is 30.1 Å². The molecule has 0 aliphatic carbocycles. The van der Waals surface area contributed by atoms with Gasteiger partial charge in [0.05, 0.1) is 11.9 Å². The molecule has 3 rings (SSSR count). The summed E-state index contributed by atoms with van der Waals surface area (Å²) in [4.78, 5) is 4.05. The monoisotopic (exact) mass is 349 g/mol. The minimum absolute atomic E-state index is 0.327. The van der Waals surface area contributed by atoms with Crippen molar-refractivity contribution in [2.24, 2.45) is 7.05 Å². The summed E-state index contributed by atoms with van der Waals surface area (Å²) in [7, 11) is -1.15. The number of aryl methyl sites for hydroxylation is 1. The first-order valence-electron chi connectivity index (χ1n) is 8.05. The molecule has 0 radical (unpaired) electrons. The van der Waals surface area contributed by atoms with E-state index in [0.717, 1.165) is 36.2 Å². The minimum atomic E-state index is -3.07. The van der Waals surface area contributed by atoms with Gasteiger partial charge in [-0.3, -0.25) is 9.67 Å². The molecule has 1 N–H and O–H groups in total. The van der Waals surface area contributed by atoms with Gasteiger partial charge < -0.3 is 5.32 Å². The van der Waals surface area contributed by atoms with Crippen molar-refractivity contribution in [3.63, 3.8) is 0 Å². The van der Waals surface area contributed by atoms with Crippen molar-refractivity contribution in [3.05, 3.63) is 36.3 Å². The predicted molar refractivity (Wildman–Crippen MR) is 92.7 cm³/mol. The molecule has 0 atom stereocenters. The van der Waals surface area contributed by atoms with Crippen molar-refractivity contribution in [2.45, 2.75) is 25.4 Å². The Balaban J connectivity index is 1.62. The van der Waals surface area contributed by atoms with Crippen LogP contribution in [-0.4, -0.2) is 52.9 Å². The first-order valence-corrected chi connectivity index (χ1v) is 9.90. The van der Waals surface area contributed by atoms with Crippen LogP contribution in [0, 0.1) is 0 Å². The fraction of sp³-hybridized carbons (Fsp3) is 0.500. The molecule has 0 saturated carbocycles. The third-order valence-corrected chi connectivity index (χ3v) is 5.67. The SMILES string of the molecule is Cn1cc(CNC2CCN(S(C)(=O)=O)CC2)c(-c2ccncc2)n1. The number of nitrogens with zero attached hydrogens (tertiary/aromatic N) is 4. The molecule has 24 heavy (non-hydrogen) atoms. The molecule has 1 aliphatic rings. The summed E-state index contributed by atoms with van der Waals surface area (Å²) in [5.41, 5.74) is 3.14. The average Bonchev–Trinajstić information content (AvgIpc) is 2.94. The van der Waals surface area contributed by atoms with E-state index in [1.54, 1.807) is 16.7 Å². The summed E-state index contributed by atoms with van der Waals surface area (Å²) in [6, 6.07) is 4.24. The molecule has 1 aliphatic heterocycles. The summed E-state index contributed by atoms with van der Waals surface area (Å²) < 4.78 is 26.5. The quantitative estimate of drug-likeness (QED) is 0.871. The maximum absolute atomic E-state index is 11.6. The summed E-state index contributed by atoms with van der Waals surface area (Å²) in [6.45, 7) is 1.89. The number of rotatable bonds is 5. The molecular weight excluding hydrogens is 326 g/mol. The minimum Gasteiger partial charge on any atom is -0.310 e. The van der Waals surface area contributed by atoms with Gasteiger partial charge in [0.15, 0.2) is 0 Å². The van der Waals surface area contributed by atoms with Gasteiger partial charge in [-0.05, 0) is 25.0 Å². The highest BCUT2D eigenvalue weighted by atomic mass is 32.2. The highest BCUT2D eigenvalue weighted by molar-refractivity contribution is 7.88. The molecule has 0 unspecified atom stereocenters. The van der Waals surface area contributed by atoms with E-state index in [4.69, 9.17) is 0 Å². The van der Waals surface area contributed by atoms with Gasteiger partial charge in [0.1, 0.15) is 0 Å². The van der Waals surface area contributed by atoms with E-state index in [-0.39, 0.29) is 0 Å². The molecule has 0 spiro atoms.